The van der Waals surface area contributed by atoms with Gasteiger partial charge in [0, 0.05) is 42.8 Å². The van der Waals surface area contributed by atoms with E-state index in [1.54, 1.807) is 17.5 Å². The molecular weight excluding hydrogens is 452 g/mol. The summed E-state index contributed by atoms with van der Waals surface area (Å²) in [5, 5.41) is 5.93. The highest BCUT2D eigenvalue weighted by molar-refractivity contribution is 7.99. The van der Waals surface area contributed by atoms with E-state index in [1.165, 1.54) is 27.8 Å². The van der Waals surface area contributed by atoms with Gasteiger partial charge in [-0.2, -0.15) is 0 Å². The summed E-state index contributed by atoms with van der Waals surface area (Å²) in [7, 11) is 0. The van der Waals surface area contributed by atoms with Gasteiger partial charge in [0.15, 0.2) is 5.16 Å². The van der Waals surface area contributed by atoms with Crippen molar-refractivity contribution in [1.82, 2.24) is 19.8 Å². The van der Waals surface area contributed by atoms with Gasteiger partial charge >= 0.3 is 0 Å². The van der Waals surface area contributed by atoms with Crippen LogP contribution < -0.4 is 5.32 Å². The zero-order valence-corrected chi connectivity index (χ0v) is 20.8. The van der Waals surface area contributed by atoms with Crippen molar-refractivity contribution in [2.45, 2.75) is 38.3 Å². The Morgan fingerprint density at radius 3 is 2.79 bits per heavy atom. The molecule has 6 nitrogen and oxygen atoms in total. The Labute approximate surface area is 203 Å². The van der Waals surface area contributed by atoms with E-state index in [-0.39, 0.29) is 17.7 Å². The molecule has 3 heterocycles. The van der Waals surface area contributed by atoms with Crippen LogP contribution in [0.5, 0.6) is 0 Å². The molecule has 1 aliphatic rings. The summed E-state index contributed by atoms with van der Waals surface area (Å²) in [4.78, 5) is 32.9. The highest BCUT2D eigenvalue weighted by Gasteiger charge is 2.27. The zero-order chi connectivity index (χ0) is 23.2. The molecule has 0 bridgehead atoms. The van der Waals surface area contributed by atoms with E-state index in [1.807, 2.05) is 21.7 Å². The van der Waals surface area contributed by atoms with E-state index in [2.05, 4.69) is 53.8 Å². The quantitative estimate of drug-likeness (QED) is 0.488. The normalized spacial score (nSPS) is 14.4. The van der Waals surface area contributed by atoms with Gasteiger partial charge in [0.1, 0.15) is 0 Å². The van der Waals surface area contributed by atoms with Crippen LogP contribution in [0.3, 0.4) is 0 Å². The molecule has 33 heavy (non-hydrogen) atoms. The molecule has 1 aromatic carbocycles. The summed E-state index contributed by atoms with van der Waals surface area (Å²) in [6.07, 6.45) is 6.03. The number of carbonyl (C=O) groups is 2. The molecule has 174 valence electrons. The molecule has 0 spiro atoms. The number of benzene rings is 1. The summed E-state index contributed by atoms with van der Waals surface area (Å²) < 4.78 is 2.05. The molecule has 2 aromatic heterocycles. The highest BCUT2D eigenvalue weighted by Crippen LogP contribution is 2.25. The number of piperidine rings is 1. The highest BCUT2D eigenvalue weighted by atomic mass is 32.2. The van der Waals surface area contributed by atoms with E-state index in [4.69, 9.17) is 0 Å². The van der Waals surface area contributed by atoms with Crippen molar-refractivity contribution < 1.29 is 9.59 Å². The maximum absolute atomic E-state index is 12.8. The van der Waals surface area contributed by atoms with Crippen LogP contribution in [-0.4, -0.2) is 51.7 Å². The standard InChI is InChI=1S/C25H30N4O2S2/c1-18-5-6-19(2)22(16-18)29-14-11-27-25(29)33-17-23(30)28-12-8-20(9-13-28)24(31)26-10-7-21-4-3-15-32-21/h3-6,11,14-16,20H,7-10,12-13,17H2,1-2H3,(H,26,31). The molecule has 0 radical (unpaired) electrons. The van der Waals surface area contributed by atoms with Crippen LogP contribution in [0.1, 0.15) is 28.8 Å². The first-order valence-electron chi connectivity index (χ1n) is 11.3. The molecule has 1 N–H and O–H groups in total. The molecule has 0 aliphatic carbocycles. The SMILES string of the molecule is Cc1ccc(C)c(-n2ccnc2SCC(=O)N2CCC(C(=O)NCCc3cccs3)CC2)c1. The predicted octanol–water partition coefficient (Wildman–Crippen LogP) is 4.24. The van der Waals surface area contributed by atoms with Gasteiger partial charge in [-0.05, 0) is 61.7 Å². The van der Waals surface area contributed by atoms with Gasteiger partial charge in [-0.25, -0.2) is 4.98 Å². The number of carbonyl (C=O) groups excluding carboxylic acids is 2. The molecule has 4 rings (SSSR count). The fourth-order valence-corrected chi connectivity index (χ4v) is 5.65. The zero-order valence-electron chi connectivity index (χ0n) is 19.1. The average Bonchev–Trinajstić information content (AvgIpc) is 3.51. The number of nitrogens with zero attached hydrogens (tertiary/aromatic N) is 3. The molecule has 1 aliphatic heterocycles. The third-order valence-corrected chi connectivity index (χ3v) is 7.91. The lowest BCUT2D eigenvalue weighted by molar-refractivity contribution is -0.133. The van der Waals surface area contributed by atoms with Gasteiger partial charge in [0.2, 0.25) is 11.8 Å². The number of aryl methyl sites for hydroxylation is 2. The van der Waals surface area contributed by atoms with Crippen LogP contribution in [0.4, 0.5) is 0 Å². The molecule has 1 saturated heterocycles. The van der Waals surface area contributed by atoms with Crippen molar-refractivity contribution in [3.05, 3.63) is 64.1 Å². The van der Waals surface area contributed by atoms with Gasteiger partial charge in [-0.15, -0.1) is 11.3 Å². The van der Waals surface area contributed by atoms with E-state index in [0.717, 1.165) is 30.1 Å². The van der Waals surface area contributed by atoms with Crippen LogP contribution in [0, 0.1) is 19.8 Å². The number of hydrogen-bond acceptors (Lipinski definition) is 5. The lowest BCUT2D eigenvalue weighted by Crippen LogP contribution is -2.43. The van der Waals surface area contributed by atoms with Crippen molar-refractivity contribution in [3.8, 4) is 5.69 Å². The van der Waals surface area contributed by atoms with Crippen LogP contribution >= 0.6 is 23.1 Å². The van der Waals surface area contributed by atoms with E-state index >= 15 is 0 Å². The summed E-state index contributed by atoms with van der Waals surface area (Å²) in [5.41, 5.74) is 3.45. The molecule has 3 aromatic rings. The Morgan fingerprint density at radius 2 is 2.03 bits per heavy atom. The van der Waals surface area contributed by atoms with Crippen molar-refractivity contribution >= 4 is 34.9 Å². The van der Waals surface area contributed by atoms with Crippen LogP contribution in [0.15, 0.2) is 53.3 Å². The predicted molar refractivity (Wildman–Crippen MR) is 134 cm³/mol. The van der Waals surface area contributed by atoms with Gasteiger partial charge < -0.3 is 10.2 Å². The first-order valence-corrected chi connectivity index (χ1v) is 13.2. The van der Waals surface area contributed by atoms with E-state index in [9.17, 15) is 9.59 Å². The Hall–Kier alpha value is -2.58. The maximum Gasteiger partial charge on any atom is 0.233 e. The van der Waals surface area contributed by atoms with Gasteiger partial charge in [-0.1, -0.05) is 30.0 Å². The third kappa shape index (κ3) is 6.06. The number of rotatable bonds is 8. The van der Waals surface area contributed by atoms with Gasteiger partial charge in [0.25, 0.3) is 0 Å². The number of aromatic nitrogens is 2. The Bertz CT molecular complexity index is 1090. The molecule has 0 atom stereocenters. The maximum atomic E-state index is 12.8. The molecule has 0 unspecified atom stereocenters. The van der Waals surface area contributed by atoms with Crippen molar-refractivity contribution in [1.29, 1.82) is 0 Å². The average molecular weight is 483 g/mol. The summed E-state index contributed by atoms with van der Waals surface area (Å²) >= 11 is 3.18. The van der Waals surface area contributed by atoms with Crippen LogP contribution in [-0.2, 0) is 16.0 Å². The van der Waals surface area contributed by atoms with Crippen LogP contribution in [0.2, 0.25) is 0 Å². The Balaban J connectivity index is 1.24. The van der Waals surface area contributed by atoms with Crippen molar-refractivity contribution in [2.75, 3.05) is 25.4 Å². The number of likely N-dealkylation sites (tertiary alicyclic amines) is 1. The van der Waals surface area contributed by atoms with E-state index in [0.29, 0.717) is 25.4 Å². The minimum Gasteiger partial charge on any atom is -0.355 e. The lowest BCUT2D eigenvalue weighted by Gasteiger charge is -2.31. The molecule has 1 fully saturated rings. The fraction of sp³-hybridized carbons (Fsp3) is 0.400. The number of amides is 2. The van der Waals surface area contributed by atoms with E-state index < -0.39 is 0 Å². The second kappa shape index (κ2) is 11.0. The number of thiophene rings is 1. The minimum atomic E-state index is -0.00627. The topological polar surface area (TPSA) is 67.2 Å². The summed E-state index contributed by atoms with van der Waals surface area (Å²) in [6, 6.07) is 10.5. The monoisotopic (exact) mass is 482 g/mol. The first-order chi connectivity index (χ1) is 16.0. The number of nitrogens with one attached hydrogen (secondary N) is 1. The van der Waals surface area contributed by atoms with Gasteiger partial charge in [-0.3, -0.25) is 14.2 Å². The molecule has 0 saturated carbocycles. The van der Waals surface area contributed by atoms with Crippen LogP contribution in [0.25, 0.3) is 5.69 Å². The number of imidazole rings is 1. The number of hydrogen-bond donors (Lipinski definition) is 1. The summed E-state index contributed by atoms with van der Waals surface area (Å²) in [6.45, 7) is 6.09. The largest absolute Gasteiger partial charge is 0.355 e. The fourth-order valence-electron chi connectivity index (χ4n) is 4.08. The second-order valence-electron chi connectivity index (χ2n) is 8.43. The minimum absolute atomic E-state index is 0.00627. The van der Waals surface area contributed by atoms with Gasteiger partial charge in [0.05, 0.1) is 11.4 Å². The first kappa shape index (κ1) is 23.6. The van der Waals surface area contributed by atoms with Crippen molar-refractivity contribution in [3.63, 3.8) is 0 Å². The van der Waals surface area contributed by atoms with Crippen molar-refractivity contribution in [2.24, 2.45) is 5.92 Å². The Kier molecular flexibility index (Phi) is 7.88. The molecule has 8 heteroatoms. The Morgan fingerprint density at radius 1 is 1.21 bits per heavy atom. The second-order valence-corrected chi connectivity index (χ2v) is 10.4. The molecule has 2 amide bonds. The molecular formula is C25H30N4O2S2. The number of thioether (sulfide) groups is 1. The lowest BCUT2D eigenvalue weighted by atomic mass is 9.96. The summed E-state index contributed by atoms with van der Waals surface area (Å²) in [5.74, 6) is 0.559. The smallest absolute Gasteiger partial charge is 0.233 e. The third-order valence-electron chi connectivity index (χ3n) is 6.02.